The summed E-state index contributed by atoms with van der Waals surface area (Å²) in [4.78, 5) is 14.2. The number of piperidine rings is 1. The Kier molecular flexibility index (Phi) is 4.67. The molecule has 2 bridgehead atoms. The number of carbonyl (C=O) groups excluding carboxylic acids is 1. The van der Waals surface area contributed by atoms with Gasteiger partial charge in [0.25, 0.3) is 0 Å². The van der Waals surface area contributed by atoms with E-state index in [1.165, 1.54) is 24.5 Å². The van der Waals surface area contributed by atoms with E-state index in [-0.39, 0.29) is 29.7 Å². The van der Waals surface area contributed by atoms with Crippen molar-refractivity contribution in [1.29, 1.82) is 0 Å². The molecular formula is C25H31NO5. The fourth-order valence-corrected chi connectivity index (χ4v) is 6.74. The summed E-state index contributed by atoms with van der Waals surface area (Å²) in [6, 6.07) is 4.49. The molecule has 0 amide bonds. The molecule has 6 nitrogen and oxygen atoms in total. The van der Waals surface area contributed by atoms with Crippen LogP contribution < -0.4 is 9.47 Å². The lowest BCUT2D eigenvalue weighted by Gasteiger charge is -2.56. The minimum Gasteiger partial charge on any atom is -0.482 e. The van der Waals surface area contributed by atoms with Gasteiger partial charge in [-0.05, 0) is 57.3 Å². The third kappa shape index (κ3) is 2.91. The Labute approximate surface area is 183 Å². The van der Waals surface area contributed by atoms with Gasteiger partial charge in [0.1, 0.15) is 12.2 Å². The van der Waals surface area contributed by atoms with Crippen LogP contribution >= 0.6 is 0 Å². The van der Waals surface area contributed by atoms with E-state index in [1.807, 2.05) is 6.07 Å². The molecule has 2 saturated heterocycles. The van der Waals surface area contributed by atoms with Crippen molar-refractivity contribution in [3.05, 3.63) is 35.4 Å². The van der Waals surface area contributed by atoms with Gasteiger partial charge < -0.3 is 23.8 Å². The van der Waals surface area contributed by atoms with Gasteiger partial charge in [0, 0.05) is 36.5 Å². The Balaban J connectivity index is 1.39. The van der Waals surface area contributed by atoms with E-state index in [4.69, 9.17) is 18.9 Å². The second kappa shape index (κ2) is 7.32. The fourth-order valence-electron chi connectivity index (χ4n) is 6.74. The first-order valence-electron chi connectivity index (χ1n) is 11.7. The predicted molar refractivity (Wildman–Crippen MR) is 115 cm³/mol. The third-order valence-electron chi connectivity index (χ3n) is 8.12. The summed E-state index contributed by atoms with van der Waals surface area (Å²) in [6.45, 7) is 3.90. The Bertz CT molecular complexity index is 923. The van der Waals surface area contributed by atoms with Gasteiger partial charge in [-0.15, -0.1) is 0 Å². The third-order valence-corrected chi connectivity index (χ3v) is 8.12. The Morgan fingerprint density at radius 1 is 1.29 bits per heavy atom. The first kappa shape index (κ1) is 19.8. The maximum atomic E-state index is 11.8. The van der Waals surface area contributed by atoms with Crippen LogP contribution in [0.25, 0.3) is 0 Å². The first-order chi connectivity index (χ1) is 15.1. The summed E-state index contributed by atoms with van der Waals surface area (Å²) < 4.78 is 24.6. The van der Waals surface area contributed by atoms with Crippen LogP contribution in [-0.4, -0.2) is 62.0 Å². The highest BCUT2D eigenvalue weighted by atomic mass is 16.6. The maximum absolute atomic E-state index is 11.8. The maximum Gasteiger partial charge on any atom is 0.308 e. The molecule has 5 aliphatic rings. The minimum absolute atomic E-state index is 0.104. The van der Waals surface area contributed by atoms with E-state index >= 15 is 0 Å². The number of likely N-dealkylation sites (N-methyl/N-ethyl adjacent to an activating group) is 1. The molecule has 1 spiro atoms. The van der Waals surface area contributed by atoms with Crippen molar-refractivity contribution in [2.45, 2.75) is 68.8 Å². The largest absolute Gasteiger partial charge is 0.482 e. The summed E-state index contributed by atoms with van der Waals surface area (Å²) in [7, 11) is 2.23. The Morgan fingerprint density at radius 3 is 3.00 bits per heavy atom. The summed E-state index contributed by atoms with van der Waals surface area (Å²) in [5.41, 5.74) is 2.46. The van der Waals surface area contributed by atoms with Crippen molar-refractivity contribution in [2.24, 2.45) is 5.92 Å². The highest BCUT2D eigenvalue weighted by Gasteiger charge is 2.64. The quantitative estimate of drug-likeness (QED) is 0.420. The normalized spacial score (nSPS) is 37.8. The number of hydrogen-bond acceptors (Lipinski definition) is 6. The average Bonchev–Trinajstić information content (AvgIpc) is 3.12. The molecule has 2 fully saturated rings. The lowest BCUT2D eigenvalue weighted by atomic mass is 9.53. The zero-order valence-corrected chi connectivity index (χ0v) is 18.3. The molecule has 6 atom stereocenters. The smallest absolute Gasteiger partial charge is 0.308 e. The molecule has 31 heavy (non-hydrogen) atoms. The van der Waals surface area contributed by atoms with Crippen LogP contribution in [0.3, 0.4) is 0 Å². The zero-order chi connectivity index (χ0) is 21.2. The molecule has 6 rings (SSSR count). The average molecular weight is 426 g/mol. The van der Waals surface area contributed by atoms with E-state index in [2.05, 4.69) is 30.2 Å². The summed E-state index contributed by atoms with van der Waals surface area (Å²) in [6.07, 6.45) is 9.94. The van der Waals surface area contributed by atoms with Gasteiger partial charge in [0.05, 0.1) is 12.7 Å². The lowest BCUT2D eigenvalue weighted by Crippen LogP contribution is -2.65. The van der Waals surface area contributed by atoms with E-state index in [0.29, 0.717) is 24.3 Å². The molecule has 0 aromatic heterocycles. The molecule has 3 heterocycles. The Morgan fingerprint density at radius 2 is 2.19 bits per heavy atom. The highest BCUT2D eigenvalue weighted by Crippen LogP contribution is 2.62. The summed E-state index contributed by atoms with van der Waals surface area (Å²) in [5, 5.41) is 0. The van der Waals surface area contributed by atoms with Gasteiger partial charge in [0.2, 0.25) is 0 Å². The number of nitrogens with zero attached hydrogens (tertiary/aromatic N) is 1. The SMILES string of the molecule is CC(=O)Oc1ccc2c3c1O[C@H]1[C@@H](OCC4CCCCO4)C=C[C@H]4[C@@H](C2)N(C)CC[C@@]341. The summed E-state index contributed by atoms with van der Waals surface area (Å²) in [5.74, 6) is 1.36. The zero-order valence-electron chi connectivity index (χ0n) is 18.3. The molecule has 0 saturated carbocycles. The standard InChI is InChI=1S/C25H31NO5/c1-15(27)30-20-8-6-16-13-19-18-7-9-21(29-14-17-5-3-4-12-28-17)24-25(18,10-11-26(19)2)22(16)23(20)31-24/h6-9,17-19,21,24H,3-5,10-14H2,1-2H3/t17?,18-,19+,21-,24-,25-/m0/s1. The van der Waals surface area contributed by atoms with Crippen LogP contribution in [0.1, 0.15) is 43.7 Å². The van der Waals surface area contributed by atoms with Crippen molar-refractivity contribution < 1.29 is 23.7 Å². The lowest BCUT2D eigenvalue weighted by molar-refractivity contribution is -0.132. The van der Waals surface area contributed by atoms with Crippen LogP contribution in [0.15, 0.2) is 24.3 Å². The predicted octanol–water partition coefficient (Wildman–Crippen LogP) is 3.01. The van der Waals surface area contributed by atoms with Crippen LogP contribution in [0.5, 0.6) is 11.5 Å². The minimum atomic E-state index is -0.318. The summed E-state index contributed by atoms with van der Waals surface area (Å²) >= 11 is 0. The van der Waals surface area contributed by atoms with Gasteiger partial charge >= 0.3 is 5.97 Å². The second-order valence-corrected chi connectivity index (χ2v) is 9.80. The topological polar surface area (TPSA) is 57.2 Å². The van der Waals surface area contributed by atoms with Crippen molar-refractivity contribution in [3.63, 3.8) is 0 Å². The van der Waals surface area contributed by atoms with Gasteiger partial charge in [-0.3, -0.25) is 4.79 Å². The van der Waals surface area contributed by atoms with E-state index in [1.54, 1.807) is 0 Å². The monoisotopic (exact) mass is 425 g/mol. The van der Waals surface area contributed by atoms with Crippen LogP contribution in [0.2, 0.25) is 0 Å². The number of rotatable bonds is 4. The van der Waals surface area contributed by atoms with E-state index in [9.17, 15) is 4.79 Å². The van der Waals surface area contributed by atoms with E-state index < -0.39 is 0 Å². The molecule has 0 N–H and O–H groups in total. The molecule has 2 aliphatic carbocycles. The molecule has 1 unspecified atom stereocenters. The van der Waals surface area contributed by atoms with Crippen LogP contribution in [0.4, 0.5) is 0 Å². The van der Waals surface area contributed by atoms with Crippen molar-refractivity contribution >= 4 is 5.97 Å². The number of carbonyl (C=O) groups is 1. The van der Waals surface area contributed by atoms with Gasteiger partial charge in [-0.1, -0.05) is 18.2 Å². The van der Waals surface area contributed by atoms with Gasteiger partial charge in [0.15, 0.2) is 11.5 Å². The van der Waals surface area contributed by atoms with Crippen molar-refractivity contribution in [1.82, 2.24) is 4.90 Å². The molecule has 6 heteroatoms. The van der Waals surface area contributed by atoms with Crippen LogP contribution in [0, 0.1) is 5.92 Å². The van der Waals surface area contributed by atoms with Gasteiger partial charge in [-0.25, -0.2) is 0 Å². The number of hydrogen-bond donors (Lipinski definition) is 0. The van der Waals surface area contributed by atoms with Crippen LogP contribution in [-0.2, 0) is 26.1 Å². The first-order valence-corrected chi connectivity index (χ1v) is 11.7. The number of esters is 1. The van der Waals surface area contributed by atoms with Crippen molar-refractivity contribution in [3.8, 4) is 11.5 Å². The number of benzene rings is 1. The Hall–Kier alpha value is -1.89. The molecule has 0 radical (unpaired) electrons. The molecule has 166 valence electrons. The highest BCUT2D eigenvalue weighted by molar-refractivity contribution is 5.72. The molecule has 1 aromatic carbocycles. The fraction of sp³-hybridized carbons (Fsp3) is 0.640. The number of ether oxygens (including phenoxy) is 4. The van der Waals surface area contributed by atoms with E-state index in [0.717, 1.165) is 44.6 Å². The molecule has 1 aromatic rings. The van der Waals surface area contributed by atoms with Gasteiger partial charge in [-0.2, -0.15) is 0 Å². The second-order valence-electron chi connectivity index (χ2n) is 9.80. The number of likely N-dealkylation sites (tertiary alicyclic amines) is 1. The van der Waals surface area contributed by atoms with Crippen molar-refractivity contribution in [2.75, 3.05) is 26.8 Å². The molecular weight excluding hydrogens is 394 g/mol. The molecule has 3 aliphatic heterocycles.